The summed E-state index contributed by atoms with van der Waals surface area (Å²) in [6, 6.07) is 0. The molecule has 0 aromatic rings. The molecule has 0 unspecified atom stereocenters. The Morgan fingerprint density at radius 2 is 2.33 bits per heavy atom. The Labute approximate surface area is 38.2 Å². The van der Waals surface area contributed by atoms with Crippen molar-refractivity contribution in [3.8, 4) is 0 Å². The summed E-state index contributed by atoms with van der Waals surface area (Å²) in [5.41, 5.74) is 4.43. The van der Waals surface area contributed by atoms with E-state index in [-0.39, 0.29) is 11.9 Å². The van der Waals surface area contributed by atoms with Crippen molar-refractivity contribution < 1.29 is 4.79 Å². The first-order valence-corrected chi connectivity index (χ1v) is 1.84. The highest BCUT2D eigenvalue weighted by Gasteiger charge is 1.87. The van der Waals surface area contributed by atoms with E-state index in [1.165, 1.54) is 0 Å². The van der Waals surface area contributed by atoms with Crippen LogP contribution in [0.3, 0.4) is 0 Å². The van der Waals surface area contributed by atoms with Gasteiger partial charge in [-0.25, -0.2) is 0 Å². The monoisotopic (exact) mass is 106 g/mol. The lowest BCUT2D eigenvalue weighted by molar-refractivity contribution is 0.267. The number of primary amides is 1. The highest BCUT2D eigenvalue weighted by atomic mass is 32.2. The van der Waals surface area contributed by atoms with Gasteiger partial charge in [0.1, 0.15) is 11.9 Å². The van der Waals surface area contributed by atoms with Crippen LogP contribution in [0, 0.1) is 4.91 Å². The Balaban J connectivity index is 3.05. The zero-order valence-electron chi connectivity index (χ0n) is 2.75. The first-order chi connectivity index (χ1) is 2.77. The molecule has 0 saturated carbocycles. The van der Waals surface area contributed by atoms with Gasteiger partial charge >= 0.3 is 5.24 Å². The van der Waals surface area contributed by atoms with Gasteiger partial charge in [0.25, 0.3) is 0 Å². The SMILES string of the molecule is NC(=O)SN=O. The van der Waals surface area contributed by atoms with Crippen LogP contribution in [-0.2, 0) is 0 Å². The predicted octanol–water partition coefficient (Wildman–Crippen LogP) is 0.480. The molecule has 0 atom stereocenters. The van der Waals surface area contributed by atoms with Gasteiger partial charge < -0.3 is 5.73 Å². The van der Waals surface area contributed by atoms with Crippen molar-refractivity contribution in [1.82, 2.24) is 0 Å². The summed E-state index contributed by atoms with van der Waals surface area (Å²) in [5, 5.41) is -0.773. The molecule has 0 aliphatic carbocycles. The lowest BCUT2D eigenvalue weighted by Crippen LogP contribution is -1.99. The van der Waals surface area contributed by atoms with Crippen LogP contribution in [0.5, 0.6) is 0 Å². The predicted molar refractivity (Wildman–Crippen MR) is 23.0 cm³/mol. The average Bonchev–Trinajstić information content (AvgIpc) is 1.35. The normalized spacial score (nSPS) is 7.33. The number of nitrogens with zero attached hydrogens (tertiary/aromatic N) is 1. The quantitative estimate of drug-likeness (QED) is 0.390. The summed E-state index contributed by atoms with van der Waals surface area (Å²) in [6.45, 7) is 0. The zero-order valence-corrected chi connectivity index (χ0v) is 3.57. The van der Waals surface area contributed by atoms with Gasteiger partial charge in [-0.15, -0.1) is 4.91 Å². The molecule has 0 saturated heterocycles. The van der Waals surface area contributed by atoms with Crippen LogP contribution in [0.15, 0.2) is 4.58 Å². The van der Waals surface area contributed by atoms with E-state index in [9.17, 15) is 4.79 Å². The molecule has 0 aliphatic rings. The molecule has 1 amide bonds. The standard InChI is InChI=1S/CH2N2O2S/c2-1(4)6-3-5/h(H2,2,4). The largest absolute Gasteiger partial charge is 0.359 e. The van der Waals surface area contributed by atoms with Crippen LogP contribution < -0.4 is 5.73 Å². The van der Waals surface area contributed by atoms with E-state index in [4.69, 9.17) is 4.91 Å². The molecule has 0 heterocycles. The first-order valence-electron chi connectivity index (χ1n) is 1.06. The topological polar surface area (TPSA) is 72.5 Å². The summed E-state index contributed by atoms with van der Waals surface area (Å²) in [7, 11) is 0. The molecular weight excluding hydrogens is 104 g/mol. The van der Waals surface area contributed by atoms with Gasteiger partial charge in [-0.05, 0) is 0 Å². The molecular formula is CH2N2O2S. The van der Waals surface area contributed by atoms with Crippen molar-refractivity contribution in [3.63, 3.8) is 0 Å². The van der Waals surface area contributed by atoms with Gasteiger partial charge in [0.2, 0.25) is 0 Å². The van der Waals surface area contributed by atoms with Gasteiger partial charge in [0.15, 0.2) is 0 Å². The second kappa shape index (κ2) is 2.65. The molecule has 0 fully saturated rings. The fraction of sp³-hybridized carbons (Fsp3) is 0. The number of carbonyl (C=O) groups excluding carboxylic acids is 1. The van der Waals surface area contributed by atoms with E-state index in [1.54, 1.807) is 0 Å². The summed E-state index contributed by atoms with van der Waals surface area (Å²) < 4.78 is 2.13. The molecule has 4 nitrogen and oxygen atoms in total. The third-order valence-corrected chi connectivity index (χ3v) is 0.382. The molecule has 0 aromatic heterocycles. The van der Waals surface area contributed by atoms with Crippen LogP contribution >= 0.6 is 11.9 Å². The summed E-state index contributed by atoms with van der Waals surface area (Å²) in [4.78, 5) is 18.5. The van der Waals surface area contributed by atoms with Gasteiger partial charge in [0.05, 0.1) is 0 Å². The molecule has 6 heavy (non-hydrogen) atoms. The number of nitrogens with two attached hydrogens (primary N) is 1. The van der Waals surface area contributed by atoms with Crippen molar-refractivity contribution >= 4 is 17.2 Å². The molecule has 0 aromatic carbocycles. The van der Waals surface area contributed by atoms with Crippen molar-refractivity contribution in [2.45, 2.75) is 0 Å². The number of rotatable bonds is 1. The summed E-state index contributed by atoms with van der Waals surface area (Å²) in [5.74, 6) is 0. The number of amides is 1. The Hall–Kier alpha value is -0.580. The van der Waals surface area contributed by atoms with Gasteiger partial charge in [-0.1, -0.05) is 0 Å². The minimum absolute atomic E-state index is 0.194. The maximum Gasteiger partial charge on any atom is 0.302 e. The number of carbonyl (C=O) groups is 1. The second-order valence-corrected chi connectivity index (χ2v) is 1.22. The van der Waals surface area contributed by atoms with Crippen LogP contribution in [0.25, 0.3) is 0 Å². The van der Waals surface area contributed by atoms with Crippen LogP contribution in [0.2, 0.25) is 0 Å². The lowest BCUT2D eigenvalue weighted by atomic mass is 11.5. The van der Waals surface area contributed by atoms with Crippen molar-refractivity contribution in [1.29, 1.82) is 0 Å². The molecule has 0 radical (unpaired) electrons. The third kappa shape index (κ3) is 3.42. The summed E-state index contributed by atoms with van der Waals surface area (Å²) >= 11 is 0.194. The lowest BCUT2D eigenvalue weighted by Gasteiger charge is -1.70. The maximum atomic E-state index is 9.49. The molecule has 5 heteroatoms. The molecule has 0 rings (SSSR count). The van der Waals surface area contributed by atoms with Crippen LogP contribution in [0.1, 0.15) is 0 Å². The Bertz CT molecular complexity index is 71.9. The minimum Gasteiger partial charge on any atom is -0.359 e. The molecule has 2 N–H and O–H groups in total. The average molecular weight is 106 g/mol. The number of nitroso groups, excluding NO2 is 1. The van der Waals surface area contributed by atoms with Crippen molar-refractivity contribution in [2.24, 2.45) is 10.3 Å². The van der Waals surface area contributed by atoms with Crippen LogP contribution in [0.4, 0.5) is 4.79 Å². The van der Waals surface area contributed by atoms with Gasteiger partial charge in [0, 0.05) is 4.58 Å². The van der Waals surface area contributed by atoms with Gasteiger partial charge in [-0.2, -0.15) is 0 Å². The van der Waals surface area contributed by atoms with E-state index in [1.807, 2.05) is 0 Å². The minimum atomic E-state index is -0.773. The highest BCUT2D eigenvalue weighted by Crippen LogP contribution is 1.96. The number of hydrogen-bond acceptors (Lipinski definition) is 4. The van der Waals surface area contributed by atoms with Crippen molar-refractivity contribution in [3.05, 3.63) is 4.91 Å². The van der Waals surface area contributed by atoms with Gasteiger partial charge in [-0.3, -0.25) is 4.79 Å². The van der Waals surface area contributed by atoms with Crippen molar-refractivity contribution in [2.75, 3.05) is 0 Å². The second-order valence-electron chi connectivity index (χ2n) is 0.485. The molecule has 0 aliphatic heterocycles. The smallest absolute Gasteiger partial charge is 0.302 e. The Kier molecular flexibility index (Phi) is 2.39. The van der Waals surface area contributed by atoms with E-state index in [0.717, 1.165) is 0 Å². The molecule has 0 spiro atoms. The third-order valence-electron chi connectivity index (χ3n) is 0.127. The maximum absolute atomic E-state index is 9.49. The molecule has 0 bridgehead atoms. The molecule has 34 valence electrons. The van der Waals surface area contributed by atoms with Crippen LogP contribution in [-0.4, -0.2) is 5.24 Å². The Morgan fingerprint density at radius 1 is 1.83 bits per heavy atom. The first kappa shape index (κ1) is 5.42. The Morgan fingerprint density at radius 3 is 2.33 bits per heavy atom. The zero-order chi connectivity index (χ0) is 4.99. The van der Waals surface area contributed by atoms with E-state index in [0.29, 0.717) is 0 Å². The fourth-order valence-corrected chi connectivity index (χ4v) is 0.110. The summed E-state index contributed by atoms with van der Waals surface area (Å²) in [6.07, 6.45) is 0. The van der Waals surface area contributed by atoms with E-state index < -0.39 is 5.24 Å². The fourth-order valence-electron chi connectivity index (χ4n) is 0.0367. The van der Waals surface area contributed by atoms with E-state index in [2.05, 4.69) is 10.3 Å². The van der Waals surface area contributed by atoms with E-state index >= 15 is 0 Å². The highest BCUT2D eigenvalue weighted by molar-refractivity contribution is 8.12. The number of hydrogen-bond donors (Lipinski definition) is 1.